The van der Waals surface area contributed by atoms with Crippen LogP contribution in [0.5, 0.6) is 0 Å². The van der Waals surface area contributed by atoms with Crippen LogP contribution < -0.4 is 11.1 Å². The summed E-state index contributed by atoms with van der Waals surface area (Å²) in [6.45, 7) is 1.97. The topological polar surface area (TPSA) is 64.6 Å². The second kappa shape index (κ2) is 6.50. The Bertz CT molecular complexity index is 467. The number of nitrogens with zero attached hydrogens (tertiary/aromatic N) is 2. The number of nitrogens with one attached hydrogen (secondary N) is 1. The Hall–Kier alpha value is -0.910. The summed E-state index contributed by atoms with van der Waals surface area (Å²) in [6.07, 6.45) is 2.43. The molecule has 1 atom stereocenters. The summed E-state index contributed by atoms with van der Waals surface area (Å²) in [7, 11) is 1.84. The predicted octanol–water partition coefficient (Wildman–Crippen LogP) is 1.92. The van der Waals surface area contributed by atoms with Gasteiger partial charge in [0, 0.05) is 25.9 Å². The van der Waals surface area contributed by atoms with Gasteiger partial charge in [-0.3, -0.25) is 0 Å². The largest absolute Gasteiger partial charge is 0.376 e. The van der Waals surface area contributed by atoms with E-state index in [2.05, 4.69) is 10.3 Å². The normalized spacial score (nSPS) is 19.9. The highest BCUT2D eigenvalue weighted by atomic mass is 35.5. The third-order valence-electron chi connectivity index (χ3n) is 3.16. The van der Waals surface area contributed by atoms with E-state index < -0.39 is 0 Å². The molecule has 19 heavy (non-hydrogen) atoms. The second-order valence-electron chi connectivity index (χ2n) is 4.55. The summed E-state index contributed by atoms with van der Waals surface area (Å²) in [5.41, 5.74) is 6.72. The van der Waals surface area contributed by atoms with Gasteiger partial charge in [-0.1, -0.05) is 23.2 Å². The van der Waals surface area contributed by atoms with Crippen LogP contribution in [0, 0.1) is 0 Å². The van der Waals surface area contributed by atoms with Crippen LogP contribution in [-0.4, -0.2) is 29.8 Å². The number of nitrogens with two attached hydrogens (primary N) is 1. The van der Waals surface area contributed by atoms with Gasteiger partial charge in [0.1, 0.15) is 5.15 Å². The molecule has 1 aromatic heterocycles. The number of rotatable bonds is 4. The van der Waals surface area contributed by atoms with Gasteiger partial charge in [0.25, 0.3) is 0 Å². The maximum absolute atomic E-state index is 5.98. The molecule has 2 heterocycles. The molecule has 0 saturated carbocycles. The standard InChI is InChI=1S/C12H18Cl2N4O/c1-18-8(5-10(13)11(18)14)6-16-12(15)17-7-9-3-2-4-19-9/h5,9H,2-4,6-7H2,1H3,(H3,15,16,17). The number of guanidine groups is 1. The molecule has 0 radical (unpaired) electrons. The minimum atomic E-state index is 0.243. The van der Waals surface area contributed by atoms with Gasteiger partial charge in [-0.15, -0.1) is 0 Å². The van der Waals surface area contributed by atoms with Crippen molar-refractivity contribution in [1.82, 2.24) is 9.88 Å². The van der Waals surface area contributed by atoms with Crippen molar-refractivity contribution in [2.75, 3.05) is 13.2 Å². The van der Waals surface area contributed by atoms with Crippen LogP contribution in [-0.2, 0) is 18.3 Å². The molecule has 1 aliphatic heterocycles. The molecule has 106 valence electrons. The Morgan fingerprint density at radius 2 is 2.42 bits per heavy atom. The van der Waals surface area contributed by atoms with Crippen LogP contribution in [0.1, 0.15) is 18.5 Å². The molecule has 7 heteroatoms. The Labute approximate surface area is 122 Å². The molecule has 0 amide bonds. The van der Waals surface area contributed by atoms with Crippen molar-refractivity contribution in [2.45, 2.75) is 25.5 Å². The molecule has 2 rings (SSSR count). The summed E-state index contributed by atoms with van der Waals surface area (Å²) in [4.78, 5) is 4.26. The summed E-state index contributed by atoms with van der Waals surface area (Å²) < 4.78 is 7.28. The molecule has 0 aromatic carbocycles. The fourth-order valence-corrected chi connectivity index (χ4v) is 2.40. The van der Waals surface area contributed by atoms with Crippen molar-refractivity contribution in [3.63, 3.8) is 0 Å². The van der Waals surface area contributed by atoms with Crippen LogP contribution in [0.4, 0.5) is 0 Å². The van der Waals surface area contributed by atoms with Gasteiger partial charge >= 0.3 is 0 Å². The summed E-state index contributed by atoms with van der Waals surface area (Å²) >= 11 is 11.9. The lowest BCUT2D eigenvalue weighted by Crippen LogP contribution is -2.37. The molecule has 1 saturated heterocycles. The number of halogens is 2. The van der Waals surface area contributed by atoms with E-state index in [4.69, 9.17) is 33.7 Å². The Kier molecular flexibility index (Phi) is 4.96. The molecule has 0 aliphatic carbocycles. The van der Waals surface area contributed by atoms with Crippen molar-refractivity contribution < 1.29 is 4.74 Å². The first-order valence-corrected chi connectivity index (χ1v) is 6.98. The zero-order chi connectivity index (χ0) is 13.8. The van der Waals surface area contributed by atoms with Crippen LogP contribution >= 0.6 is 23.2 Å². The zero-order valence-corrected chi connectivity index (χ0v) is 12.3. The average molecular weight is 305 g/mol. The number of hydrogen-bond acceptors (Lipinski definition) is 2. The monoisotopic (exact) mass is 304 g/mol. The number of aliphatic imine (C=N–C) groups is 1. The quantitative estimate of drug-likeness (QED) is 0.660. The zero-order valence-electron chi connectivity index (χ0n) is 10.8. The fraction of sp³-hybridized carbons (Fsp3) is 0.583. The van der Waals surface area contributed by atoms with Crippen molar-refractivity contribution in [3.05, 3.63) is 21.9 Å². The van der Waals surface area contributed by atoms with Gasteiger partial charge in [0.05, 0.1) is 17.7 Å². The van der Waals surface area contributed by atoms with Crippen molar-refractivity contribution in [3.8, 4) is 0 Å². The molecule has 0 spiro atoms. The summed E-state index contributed by atoms with van der Waals surface area (Å²) in [5.74, 6) is 0.406. The lowest BCUT2D eigenvalue weighted by atomic mass is 10.2. The maximum atomic E-state index is 5.98. The first kappa shape index (κ1) is 14.5. The number of aromatic nitrogens is 1. The second-order valence-corrected chi connectivity index (χ2v) is 5.32. The smallest absolute Gasteiger partial charge is 0.189 e. The Balaban J connectivity index is 1.84. The highest BCUT2D eigenvalue weighted by Crippen LogP contribution is 2.25. The third kappa shape index (κ3) is 3.78. The van der Waals surface area contributed by atoms with Crippen LogP contribution in [0.25, 0.3) is 0 Å². The molecule has 0 bridgehead atoms. The van der Waals surface area contributed by atoms with Gasteiger partial charge in [-0.2, -0.15) is 0 Å². The van der Waals surface area contributed by atoms with E-state index in [0.29, 0.717) is 29.2 Å². The van der Waals surface area contributed by atoms with Crippen molar-refractivity contribution in [1.29, 1.82) is 0 Å². The van der Waals surface area contributed by atoms with Gasteiger partial charge in [-0.25, -0.2) is 4.99 Å². The fourth-order valence-electron chi connectivity index (χ4n) is 1.99. The summed E-state index contributed by atoms with van der Waals surface area (Å²) in [5, 5.41) is 4.10. The predicted molar refractivity (Wildman–Crippen MR) is 77.7 cm³/mol. The Morgan fingerprint density at radius 3 is 3.00 bits per heavy atom. The van der Waals surface area contributed by atoms with E-state index in [9.17, 15) is 0 Å². The molecule has 1 fully saturated rings. The van der Waals surface area contributed by atoms with Gasteiger partial charge in [0.15, 0.2) is 5.96 Å². The summed E-state index contributed by atoms with van der Waals surface area (Å²) in [6, 6.07) is 1.79. The van der Waals surface area contributed by atoms with E-state index in [-0.39, 0.29) is 6.10 Å². The SMILES string of the molecule is Cn1c(CN=C(N)NCC2CCCO2)cc(Cl)c1Cl. The van der Waals surface area contributed by atoms with Crippen LogP contribution in [0.2, 0.25) is 10.2 Å². The molecular formula is C12H18Cl2N4O. The van der Waals surface area contributed by atoms with Gasteiger partial charge < -0.3 is 20.4 Å². The Morgan fingerprint density at radius 1 is 1.63 bits per heavy atom. The van der Waals surface area contributed by atoms with E-state index in [1.54, 1.807) is 10.6 Å². The first-order chi connectivity index (χ1) is 9.08. The minimum absolute atomic E-state index is 0.243. The average Bonchev–Trinajstić information content (AvgIpc) is 2.99. The van der Waals surface area contributed by atoms with Crippen molar-refractivity contribution in [2.24, 2.45) is 17.8 Å². The molecule has 5 nitrogen and oxygen atoms in total. The van der Waals surface area contributed by atoms with Gasteiger partial charge in [0.2, 0.25) is 0 Å². The molecule has 3 N–H and O–H groups in total. The highest BCUT2D eigenvalue weighted by molar-refractivity contribution is 6.41. The maximum Gasteiger partial charge on any atom is 0.189 e. The van der Waals surface area contributed by atoms with E-state index >= 15 is 0 Å². The number of ether oxygens (including phenoxy) is 1. The van der Waals surface area contributed by atoms with E-state index in [0.717, 1.165) is 25.1 Å². The highest BCUT2D eigenvalue weighted by Gasteiger charge is 2.15. The van der Waals surface area contributed by atoms with Gasteiger partial charge in [-0.05, 0) is 18.9 Å². The lowest BCUT2D eigenvalue weighted by molar-refractivity contribution is 0.114. The molecule has 1 aromatic rings. The lowest BCUT2D eigenvalue weighted by Gasteiger charge is -2.11. The van der Waals surface area contributed by atoms with E-state index in [1.807, 2.05) is 7.05 Å². The first-order valence-electron chi connectivity index (χ1n) is 6.23. The third-order valence-corrected chi connectivity index (χ3v) is 4.00. The molecular weight excluding hydrogens is 287 g/mol. The number of hydrogen-bond donors (Lipinski definition) is 2. The van der Waals surface area contributed by atoms with Crippen LogP contribution in [0.15, 0.2) is 11.1 Å². The molecule has 1 aliphatic rings. The van der Waals surface area contributed by atoms with Crippen LogP contribution in [0.3, 0.4) is 0 Å². The minimum Gasteiger partial charge on any atom is -0.376 e. The van der Waals surface area contributed by atoms with Crippen molar-refractivity contribution >= 4 is 29.2 Å². The van der Waals surface area contributed by atoms with E-state index in [1.165, 1.54) is 0 Å². The molecule has 1 unspecified atom stereocenters.